The Morgan fingerprint density at radius 3 is 2.29 bits per heavy atom. The van der Waals surface area contributed by atoms with Crippen LogP contribution in [0.15, 0.2) is 47.5 Å². The number of aliphatic imine (C=N–C) groups is 1. The smallest absolute Gasteiger partial charge is 0.382 e. The molecule has 0 heterocycles. The van der Waals surface area contributed by atoms with Crippen molar-refractivity contribution in [3.05, 3.63) is 59.2 Å². The number of hydrogen-bond donors (Lipinski definition) is 1. The van der Waals surface area contributed by atoms with Crippen LogP contribution in [0.1, 0.15) is 63.1 Å². The minimum Gasteiger partial charge on any atom is -0.382 e. The second-order valence-electron chi connectivity index (χ2n) is 6.95. The first-order valence-corrected chi connectivity index (χ1v) is 9.98. The Balaban J connectivity index is 2.56. The zero-order valence-electron chi connectivity index (χ0n) is 16.8. The van der Waals surface area contributed by atoms with Crippen molar-refractivity contribution in [2.45, 2.75) is 65.1 Å². The maximum Gasteiger partial charge on any atom is 0.416 e. The Bertz CT molecular complexity index is 763. The summed E-state index contributed by atoms with van der Waals surface area (Å²) in [5, 5.41) is 3.48. The van der Waals surface area contributed by atoms with Crippen molar-refractivity contribution >= 4 is 17.6 Å². The third kappa shape index (κ3) is 6.11. The van der Waals surface area contributed by atoms with Gasteiger partial charge in [-0.05, 0) is 55.5 Å². The fourth-order valence-corrected chi connectivity index (χ4v) is 3.09. The summed E-state index contributed by atoms with van der Waals surface area (Å²) in [6, 6.07) is 12.0. The summed E-state index contributed by atoms with van der Waals surface area (Å²) < 4.78 is 40.5. The molecule has 28 heavy (non-hydrogen) atoms. The quantitative estimate of drug-likeness (QED) is 0.443. The highest BCUT2D eigenvalue weighted by atomic mass is 19.4. The Morgan fingerprint density at radius 2 is 1.71 bits per heavy atom. The number of alkyl halides is 3. The van der Waals surface area contributed by atoms with E-state index < -0.39 is 11.7 Å². The lowest BCUT2D eigenvalue weighted by atomic mass is 9.97. The molecule has 0 radical (unpaired) electrons. The van der Waals surface area contributed by atoms with Gasteiger partial charge in [0.1, 0.15) is 0 Å². The van der Waals surface area contributed by atoms with E-state index in [1.807, 2.05) is 37.3 Å². The number of aryl methyl sites for hydroxylation is 1. The summed E-state index contributed by atoms with van der Waals surface area (Å²) in [6.45, 7) is 6.20. The highest BCUT2D eigenvalue weighted by molar-refractivity contribution is 5.91. The number of rotatable bonds is 9. The lowest BCUT2D eigenvalue weighted by Crippen LogP contribution is -2.20. The van der Waals surface area contributed by atoms with Crippen LogP contribution in [0.5, 0.6) is 0 Å². The summed E-state index contributed by atoms with van der Waals surface area (Å²) in [4.78, 5) is 4.41. The number of anilines is 1. The van der Waals surface area contributed by atoms with E-state index in [2.05, 4.69) is 24.2 Å². The van der Waals surface area contributed by atoms with E-state index in [9.17, 15) is 13.2 Å². The Labute approximate surface area is 165 Å². The maximum absolute atomic E-state index is 13.5. The molecule has 2 aromatic rings. The van der Waals surface area contributed by atoms with Crippen LogP contribution < -0.4 is 5.32 Å². The molecule has 0 atom stereocenters. The van der Waals surface area contributed by atoms with E-state index in [-0.39, 0.29) is 6.04 Å². The van der Waals surface area contributed by atoms with Crippen LogP contribution >= 0.6 is 0 Å². The Morgan fingerprint density at radius 1 is 1.04 bits per heavy atom. The SMILES string of the molecule is CCCCc1cc(C(F)(F)F)cc(C=Nc2ccccc2)c1NC(CC)CC. The molecule has 0 aliphatic carbocycles. The van der Waals surface area contributed by atoms with Gasteiger partial charge in [0.15, 0.2) is 0 Å². The van der Waals surface area contributed by atoms with E-state index in [0.29, 0.717) is 23.2 Å². The largest absolute Gasteiger partial charge is 0.416 e. The lowest BCUT2D eigenvalue weighted by molar-refractivity contribution is -0.137. The monoisotopic (exact) mass is 390 g/mol. The number of halogens is 3. The average molecular weight is 390 g/mol. The van der Waals surface area contributed by atoms with Crippen molar-refractivity contribution in [3.63, 3.8) is 0 Å². The van der Waals surface area contributed by atoms with Gasteiger partial charge in [0.2, 0.25) is 0 Å². The molecular weight excluding hydrogens is 361 g/mol. The number of nitrogens with one attached hydrogen (secondary N) is 1. The molecule has 0 unspecified atom stereocenters. The van der Waals surface area contributed by atoms with Gasteiger partial charge in [-0.25, -0.2) is 0 Å². The fraction of sp³-hybridized carbons (Fsp3) is 0.435. The van der Waals surface area contributed by atoms with Gasteiger partial charge in [-0.1, -0.05) is 45.4 Å². The van der Waals surface area contributed by atoms with E-state index in [1.54, 1.807) is 6.21 Å². The molecule has 0 aliphatic heterocycles. The molecule has 0 amide bonds. The minimum absolute atomic E-state index is 0.209. The van der Waals surface area contributed by atoms with Gasteiger partial charge >= 0.3 is 6.18 Å². The van der Waals surface area contributed by atoms with Gasteiger partial charge in [-0.2, -0.15) is 13.2 Å². The van der Waals surface area contributed by atoms with Crippen LogP contribution in [0, 0.1) is 0 Å². The van der Waals surface area contributed by atoms with Crippen molar-refractivity contribution in [2.24, 2.45) is 4.99 Å². The summed E-state index contributed by atoms with van der Waals surface area (Å²) in [7, 11) is 0. The molecule has 2 nitrogen and oxygen atoms in total. The first kappa shape index (κ1) is 22.0. The minimum atomic E-state index is -4.39. The van der Waals surface area contributed by atoms with Gasteiger partial charge in [0, 0.05) is 23.5 Å². The zero-order chi connectivity index (χ0) is 20.6. The third-order valence-corrected chi connectivity index (χ3v) is 4.82. The van der Waals surface area contributed by atoms with E-state index in [4.69, 9.17) is 0 Å². The molecule has 0 aliphatic rings. The molecule has 0 spiro atoms. The summed E-state index contributed by atoms with van der Waals surface area (Å²) in [5.41, 5.74) is 2.05. The highest BCUT2D eigenvalue weighted by Gasteiger charge is 2.32. The topological polar surface area (TPSA) is 24.4 Å². The van der Waals surface area contributed by atoms with Gasteiger partial charge in [-0.3, -0.25) is 4.99 Å². The fourth-order valence-electron chi connectivity index (χ4n) is 3.09. The molecule has 0 bridgehead atoms. The normalized spacial score (nSPS) is 12.1. The summed E-state index contributed by atoms with van der Waals surface area (Å²) >= 11 is 0. The van der Waals surface area contributed by atoms with Crippen molar-refractivity contribution in [3.8, 4) is 0 Å². The second-order valence-corrected chi connectivity index (χ2v) is 6.95. The van der Waals surface area contributed by atoms with E-state index in [0.717, 1.165) is 31.4 Å². The predicted molar refractivity (Wildman–Crippen MR) is 112 cm³/mol. The molecular formula is C23H29F3N2. The molecule has 0 fully saturated rings. The number of nitrogens with zero attached hydrogens (tertiary/aromatic N) is 1. The van der Waals surface area contributed by atoms with Crippen LogP contribution in [0.25, 0.3) is 0 Å². The zero-order valence-corrected chi connectivity index (χ0v) is 16.8. The maximum atomic E-state index is 13.5. The summed E-state index contributed by atoms with van der Waals surface area (Å²) in [6.07, 6.45) is 1.34. The van der Waals surface area contributed by atoms with Crippen molar-refractivity contribution < 1.29 is 13.2 Å². The standard InChI is InChI=1S/C23H29F3N2/c1-4-7-11-17-14-19(23(24,25)26)15-18(22(17)28-20(5-2)6-3)16-27-21-12-9-8-10-13-21/h8-10,12-16,20,28H,4-7,11H2,1-3H3. The van der Waals surface area contributed by atoms with Gasteiger partial charge in [0.05, 0.1) is 11.3 Å². The molecule has 0 aromatic heterocycles. The number of para-hydroxylation sites is 1. The van der Waals surface area contributed by atoms with Crippen molar-refractivity contribution in [2.75, 3.05) is 5.32 Å². The first-order valence-electron chi connectivity index (χ1n) is 9.98. The Hall–Kier alpha value is -2.30. The highest BCUT2D eigenvalue weighted by Crippen LogP contribution is 2.35. The van der Waals surface area contributed by atoms with E-state index in [1.165, 1.54) is 12.1 Å². The van der Waals surface area contributed by atoms with Crippen LogP contribution in [-0.4, -0.2) is 12.3 Å². The van der Waals surface area contributed by atoms with Crippen LogP contribution in [0.3, 0.4) is 0 Å². The summed E-state index contributed by atoms with van der Waals surface area (Å²) in [5.74, 6) is 0. The third-order valence-electron chi connectivity index (χ3n) is 4.82. The lowest BCUT2D eigenvalue weighted by Gasteiger charge is -2.23. The van der Waals surface area contributed by atoms with Gasteiger partial charge < -0.3 is 5.32 Å². The molecule has 2 aromatic carbocycles. The van der Waals surface area contributed by atoms with Crippen LogP contribution in [0.4, 0.5) is 24.5 Å². The molecule has 0 saturated carbocycles. The van der Waals surface area contributed by atoms with Crippen LogP contribution in [0.2, 0.25) is 0 Å². The number of hydrogen-bond acceptors (Lipinski definition) is 2. The van der Waals surface area contributed by atoms with E-state index >= 15 is 0 Å². The second kappa shape index (κ2) is 10.3. The molecule has 152 valence electrons. The van der Waals surface area contributed by atoms with Crippen LogP contribution in [-0.2, 0) is 12.6 Å². The Kier molecular flexibility index (Phi) is 8.09. The number of unbranched alkanes of at least 4 members (excludes halogenated alkanes) is 1. The predicted octanol–water partition coefficient (Wildman–Crippen LogP) is 7.40. The molecule has 0 saturated heterocycles. The first-order chi connectivity index (χ1) is 13.4. The van der Waals surface area contributed by atoms with Gasteiger partial charge in [0.25, 0.3) is 0 Å². The molecule has 2 rings (SSSR count). The molecule has 1 N–H and O–H groups in total. The number of benzene rings is 2. The molecule has 5 heteroatoms. The van der Waals surface area contributed by atoms with Crippen molar-refractivity contribution in [1.29, 1.82) is 0 Å². The average Bonchev–Trinajstić information content (AvgIpc) is 2.69. The van der Waals surface area contributed by atoms with Gasteiger partial charge in [-0.15, -0.1) is 0 Å². The van der Waals surface area contributed by atoms with Crippen molar-refractivity contribution in [1.82, 2.24) is 0 Å².